The molecule has 0 unspecified atom stereocenters. The van der Waals surface area contributed by atoms with Crippen LogP contribution in [0.15, 0.2) is 29.4 Å². The van der Waals surface area contributed by atoms with Gasteiger partial charge in [-0.25, -0.2) is 0 Å². The summed E-state index contributed by atoms with van der Waals surface area (Å²) < 4.78 is 1.64. The van der Waals surface area contributed by atoms with Gasteiger partial charge in [0.2, 0.25) is 11.1 Å². The van der Waals surface area contributed by atoms with Crippen LogP contribution in [0.5, 0.6) is 0 Å². The molecule has 3 rings (SSSR count). The quantitative estimate of drug-likeness (QED) is 0.747. The van der Waals surface area contributed by atoms with E-state index in [1.165, 1.54) is 17.3 Å². The molecule has 8 heteroatoms. The van der Waals surface area contributed by atoms with Gasteiger partial charge < -0.3 is 5.32 Å². The third-order valence-electron chi connectivity index (χ3n) is 5.18. The second kappa shape index (κ2) is 8.74. The molecule has 1 N–H and O–H groups in total. The average Bonchev–Trinajstić information content (AvgIpc) is 3.16. The third kappa shape index (κ3) is 4.53. The number of nitrogens with zero attached hydrogens (tertiary/aromatic N) is 5. The zero-order valence-corrected chi connectivity index (χ0v) is 17.4. The summed E-state index contributed by atoms with van der Waals surface area (Å²) in [6.07, 6.45) is 4.49. The SMILES string of the molecule is CC(C)c1ccc(-n2nnnc2S[C@@H](C)C(=O)NC2(C#N)CCCCC2)cc1. The normalized spacial score (nSPS) is 17.1. The molecule has 0 radical (unpaired) electrons. The van der Waals surface area contributed by atoms with E-state index in [4.69, 9.17) is 0 Å². The maximum Gasteiger partial charge on any atom is 0.234 e. The summed E-state index contributed by atoms with van der Waals surface area (Å²) >= 11 is 1.29. The van der Waals surface area contributed by atoms with Crippen molar-refractivity contribution in [2.24, 2.45) is 0 Å². The first-order valence-corrected chi connectivity index (χ1v) is 10.6. The summed E-state index contributed by atoms with van der Waals surface area (Å²) in [5, 5.41) is 24.6. The van der Waals surface area contributed by atoms with E-state index < -0.39 is 10.8 Å². The van der Waals surface area contributed by atoms with Crippen molar-refractivity contribution in [3.05, 3.63) is 29.8 Å². The molecule has 0 bridgehead atoms. The van der Waals surface area contributed by atoms with Crippen molar-refractivity contribution >= 4 is 17.7 Å². The van der Waals surface area contributed by atoms with Gasteiger partial charge in [-0.3, -0.25) is 4.79 Å². The molecular weight excluding hydrogens is 372 g/mol. The lowest BCUT2D eigenvalue weighted by Crippen LogP contribution is -2.50. The molecule has 0 aliphatic heterocycles. The van der Waals surface area contributed by atoms with E-state index in [0.29, 0.717) is 23.9 Å². The lowest BCUT2D eigenvalue weighted by atomic mass is 9.83. The van der Waals surface area contributed by atoms with Crippen molar-refractivity contribution in [3.8, 4) is 11.8 Å². The number of thioether (sulfide) groups is 1. The molecule has 1 atom stereocenters. The Balaban J connectivity index is 1.69. The topological polar surface area (TPSA) is 96.5 Å². The molecule has 2 aromatic rings. The molecule has 1 fully saturated rings. The molecule has 28 heavy (non-hydrogen) atoms. The van der Waals surface area contributed by atoms with Crippen LogP contribution < -0.4 is 5.32 Å². The van der Waals surface area contributed by atoms with Crippen molar-refractivity contribution < 1.29 is 4.79 Å². The van der Waals surface area contributed by atoms with Gasteiger partial charge in [-0.15, -0.1) is 5.10 Å². The first kappa shape index (κ1) is 20.3. The zero-order valence-electron chi connectivity index (χ0n) is 16.6. The Kier molecular flexibility index (Phi) is 6.35. The number of rotatable bonds is 6. The number of carbonyl (C=O) groups is 1. The Morgan fingerprint density at radius 2 is 1.89 bits per heavy atom. The minimum absolute atomic E-state index is 0.154. The Morgan fingerprint density at radius 3 is 2.50 bits per heavy atom. The van der Waals surface area contributed by atoms with Crippen LogP contribution in [-0.4, -0.2) is 36.9 Å². The molecule has 1 aliphatic rings. The molecule has 0 saturated heterocycles. The number of carbonyl (C=O) groups excluding carboxylic acids is 1. The summed E-state index contributed by atoms with van der Waals surface area (Å²) in [7, 11) is 0. The molecule has 1 heterocycles. The van der Waals surface area contributed by atoms with E-state index in [0.717, 1.165) is 24.9 Å². The molecule has 1 saturated carbocycles. The minimum atomic E-state index is -0.733. The van der Waals surface area contributed by atoms with Crippen molar-refractivity contribution in [1.29, 1.82) is 5.26 Å². The number of amides is 1. The predicted molar refractivity (Wildman–Crippen MR) is 108 cm³/mol. The number of hydrogen-bond acceptors (Lipinski definition) is 6. The van der Waals surface area contributed by atoms with Gasteiger partial charge in [0.05, 0.1) is 17.0 Å². The highest BCUT2D eigenvalue weighted by Crippen LogP contribution is 2.29. The van der Waals surface area contributed by atoms with E-state index in [1.54, 1.807) is 4.68 Å². The van der Waals surface area contributed by atoms with E-state index in [2.05, 4.69) is 52.9 Å². The number of nitriles is 1. The van der Waals surface area contributed by atoms with Gasteiger partial charge in [0.15, 0.2) is 0 Å². The fraction of sp³-hybridized carbons (Fsp3) is 0.550. The molecule has 1 aromatic carbocycles. The Morgan fingerprint density at radius 1 is 1.21 bits per heavy atom. The highest BCUT2D eigenvalue weighted by molar-refractivity contribution is 8.00. The van der Waals surface area contributed by atoms with Crippen molar-refractivity contribution in [1.82, 2.24) is 25.5 Å². The van der Waals surface area contributed by atoms with Crippen molar-refractivity contribution in [2.45, 2.75) is 74.7 Å². The predicted octanol–water partition coefficient (Wildman–Crippen LogP) is 3.61. The van der Waals surface area contributed by atoms with Gasteiger partial charge in [-0.1, -0.05) is 57.0 Å². The maximum atomic E-state index is 12.7. The van der Waals surface area contributed by atoms with Crippen LogP contribution in [0.3, 0.4) is 0 Å². The molecule has 148 valence electrons. The largest absolute Gasteiger partial charge is 0.337 e. The summed E-state index contributed by atoms with van der Waals surface area (Å²) in [4.78, 5) is 12.7. The standard InChI is InChI=1S/C20H26N6OS/c1-14(2)16-7-9-17(10-8-16)26-19(23-24-25-26)28-15(3)18(27)22-20(13-21)11-5-4-6-12-20/h7-10,14-15H,4-6,11-12H2,1-3H3,(H,22,27)/t15-/m0/s1. The van der Waals surface area contributed by atoms with Crippen LogP contribution >= 0.6 is 11.8 Å². The highest BCUT2D eigenvalue weighted by atomic mass is 32.2. The molecule has 0 spiro atoms. The number of benzene rings is 1. The number of tetrazole rings is 1. The van der Waals surface area contributed by atoms with Gasteiger partial charge in [0, 0.05) is 0 Å². The number of hydrogen-bond donors (Lipinski definition) is 1. The van der Waals surface area contributed by atoms with Gasteiger partial charge in [0.25, 0.3) is 0 Å². The number of nitrogens with one attached hydrogen (secondary N) is 1. The van der Waals surface area contributed by atoms with E-state index in [1.807, 2.05) is 19.1 Å². The van der Waals surface area contributed by atoms with Crippen molar-refractivity contribution in [3.63, 3.8) is 0 Å². The monoisotopic (exact) mass is 398 g/mol. The molecule has 7 nitrogen and oxygen atoms in total. The minimum Gasteiger partial charge on any atom is -0.337 e. The van der Waals surface area contributed by atoms with Crippen LogP contribution in [0.1, 0.15) is 64.4 Å². The van der Waals surface area contributed by atoms with Crippen LogP contribution in [-0.2, 0) is 4.79 Å². The first-order chi connectivity index (χ1) is 13.4. The third-order valence-corrected chi connectivity index (χ3v) is 6.21. The fourth-order valence-corrected chi connectivity index (χ4v) is 4.19. The average molecular weight is 399 g/mol. The molecule has 1 amide bonds. The van der Waals surface area contributed by atoms with Crippen LogP contribution in [0, 0.1) is 11.3 Å². The lowest BCUT2D eigenvalue weighted by molar-refractivity contribution is -0.121. The van der Waals surface area contributed by atoms with Gasteiger partial charge >= 0.3 is 0 Å². The molecular formula is C20H26N6OS. The second-order valence-electron chi connectivity index (χ2n) is 7.62. The van der Waals surface area contributed by atoms with Gasteiger partial charge in [-0.05, 0) is 53.8 Å². The summed E-state index contributed by atoms with van der Waals surface area (Å²) in [5.41, 5.74) is 1.36. The maximum absolute atomic E-state index is 12.7. The summed E-state index contributed by atoms with van der Waals surface area (Å²) in [6.45, 7) is 6.11. The van der Waals surface area contributed by atoms with E-state index in [9.17, 15) is 10.1 Å². The molecule has 1 aliphatic carbocycles. The van der Waals surface area contributed by atoms with Crippen LogP contribution in [0.25, 0.3) is 5.69 Å². The smallest absolute Gasteiger partial charge is 0.234 e. The Labute approximate surface area is 169 Å². The van der Waals surface area contributed by atoms with Crippen LogP contribution in [0.2, 0.25) is 0 Å². The summed E-state index contributed by atoms with van der Waals surface area (Å²) in [5.74, 6) is 0.297. The van der Waals surface area contributed by atoms with Crippen LogP contribution in [0.4, 0.5) is 0 Å². The number of aromatic nitrogens is 4. The van der Waals surface area contributed by atoms with Gasteiger partial charge in [-0.2, -0.15) is 9.94 Å². The van der Waals surface area contributed by atoms with E-state index in [-0.39, 0.29) is 5.91 Å². The zero-order chi connectivity index (χ0) is 20.1. The Hall–Kier alpha value is -2.40. The fourth-order valence-electron chi connectivity index (χ4n) is 3.38. The lowest BCUT2D eigenvalue weighted by Gasteiger charge is -2.32. The second-order valence-corrected chi connectivity index (χ2v) is 8.93. The first-order valence-electron chi connectivity index (χ1n) is 9.73. The van der Waals surface area contributed by atoms with Crippen molar-refractivity contribution in [2.75, 3.05) is 0 Å². The Bertz CT molecular complexity index is 848. The van der Waals surface area contributed by atoms with Gasteiger partial charge in [0.1, 0.15) is 5.54 Å². The molecule has 1 aromatic heterocycles. The highest BCUT2D eigenvalue weighted by Gasteiger charge is 2.35. The van der Waals surface area contributed by atoms with E-state index >= 15 is 0 Å². The summed E-state index contributed by atoms with van der Waals surface area (Å²) in [6, 6.07) is 10.4.